The molecule has 0 aromatic heterocycles. The van der Waals surface area contributed by atoms with Crippen molar-refractivity contribution in [1.29, 1.82) is 0 Å². The Morgan fingerprint density at radius 2 is 0.796 bits per heavy atom. The van der Waals surface area contributed by atoms with Crippen LogP contribution >= 0.6 is 10.3 Å². The molecule has 272 valence electrons. The van der Waals surface area contributed by atoms with Crippen LogP contribution in [0.4, 0.5) is 70.2 Å². The van der Waals surface area contributed by atoms with Crippen molar-refractivity contribution in [1.82, 2.24) is 0 Å². The number of carbonyl (C=O) groups excluding carboxylic acids is 1. The predicted octanol–water partition coefficient (Wildman–Crippen LogP) is 9.96. The van der Waals surface area contributed by atoms with Gasteiger partial charge in [0.1, 0.15) is 17.3 Å². The maximum atomic E-state index is 15.1. The van der Waals surface area contributed by atoms with E-state index in [1.807, 2.05) is 0 Å². The molecule has 3 aromatic carbocycles. The smallest absolute Gasteiger partial charge is 0.460 e. The van der Waals surface area contributed by atoms with Crippen LogP contribution in [-0.4, -0.2) is 61.9 Å². The van der Waals surface area contributed by atoms with Crippen LogP contribution in [-0.2, 0) is 8.98 Å². The average molecular weight is 754 g/mol. The van der Waals surface area contributed by atoms with E-state index in [9.17, 15) is 66.3 Å². The molecule has 0 aliphatic rings. The predicted molar refractivity (Wildman–Crippen MR) is 137 cm³/mol. The molecule has 3 rings (SSSR count). The van der Waals surface area contributed by atoms with Crippen molar-refractivity contribution in [2.24, 2.45) is 0 Å². The minimum absolute atomic E-state index is 0.0209. The molecule has 0 saturated heterocycles. The van der Waals surface area contributed by atoms with Gasteiger partial charge < -0.3 is 13.7 Å². The minimum Gasteiger partial charge on any atom is -0.497 e. The molecule has 0 heterocycles. The Kier molecular flexibility index (Phi) is 10.2. The molecule has 21 heteroatoms. The summed E-state index contributed by atoms with van der Waals surface area (Å²) in [5.74, 6) is -54.2. The van der Waals surface area contributed by atoms with Gasteiger partial charge in [-0.2, -0.15) is 65.9 Å². The number of hydrogen-bond acceptors (Lipinski definition) is 4. The Balaban J connectivity index is 2.30. The lowest BCUT2D eigenvalue weighted by Crippen LogP contribution is -2.73. The summed E-state index contributed by atoms with van der Waals surface area (Å²) < 4.78 is 237. The first-order chi connectivity index (χ1) is 22.2. The summed E-state index contributed by atoms with van der Waals surface area (Å²) in [7, 11) is -2.10. The number of ether oxygens (including phenoxy) is 2. The van der Waals surface area contributed by atoms with E-state index in [0.717, 1.165) is 74.9 Å². The number of hydrogen-bond donors (Lipinski definition) is 0. The molecule has 0 spiro atoms. The number of benzene rings is 3. The molecule has 0 amide bonds. The fourth-order valence-electron chi connectivity index (χ4n) is 3.97. The third-order valence-electron chi connectivity index (χ3n) is 6.71. The van der Waals surface area contributed by atoms with Crippen molar-refractivity contribution in [3.63, 3.8) is 0 Å². The van der Waals surface area contributed by atoms with Crippen molar-refractivity contribution in [2.75, 3.05) is 14.2 Å². The van der Waals surface area contributed by atoms with Gasteiger partial charge >= 0.3 is 47.7 Å². The number of halogens is 16. The Hall–Kier alpha value is -4.04. The number of carbonyl (C=O) groups is 1. The third kappa shape index (κ3) is 6.07. The van der Waals surface area contributed by atoms with E-state index in [-0.39, 0.29) is 11.5 Å². The summed E-state index contributed by atoms with van der Waals surface area (Å²) in [6, 6.07) is 10.8. The first-order valence-electron chi connectivity index (χ1n) is 12.6. The lowest BCUT2D eigenvalue weighted by atomic mass is 9.91. The lowest BCUT2D eigenvalue weighted by Gasteiger charge is -2.43. The van der Waals surface area contributed by atoms with E-state index in [1.54, 1.807) is 0 Å². The van der Waals surface area contributed by atoms with E-state index >= 15 is 8.78 Å². The SMILES string of the molecule is COc1ccc(S(OC(=O)C(F)(F)C(F)(F)C(F)(F)C(F)(F)C(F)(F)C(F)(F)C(F)(F)F)(c2ccc(F)cc2)c2ccc(OC)cc2)cc1. The quantitative estimate of drug-likeness (QED) is 0.173. The van der Waals surface area contributed by atoms with Crippen LogP contribution in [0.2, 0.25) is 0 Å². The maximum absolute atomic E-state index is 15.1. The molecule has 0 unspecified atom stereocenters. The summed E-state index contributed by atoms with van der Waals surface area (Å²) in [4.78, 5) is 11.4. The molecule has 3 aromatic rings. The topological polar surface area (TPSA) is 44.8 Å². The summed E-state index contributed by atoms with van der Waals surface area (Å²) in [6.45, 7) is 0. The third-order valence-corrected chi connectivity index (χ3v) is 9.92. The Bertz CT molecular complexity index is 1580. The summed E-state index contributed by atoms with van der Waals surface area (Å²) in [5.41, 5.74) is 0. The lowest BCUT2D eigenvalue weighted by molar-refractivity contribution is -0.450. The largest absolute Gasteiger partial charge is 0.497 e. The van der Waals surface area contributed by atoms with E-state index < -0.39 is 78.5 Å². The highest BCUT2D eigenvalue weighted by molar-refractivity contribution is 8.30. The molecular formula is C28H18F16O4S. The molecule has 0 atom stereocenters. The van der Waals surface area contributed by atoms with Crippen molar-refractivity contribution < 1.29 is 88.7 Å². The molecule has 0 fully saturated rings. The standard InChI is InChI=1S/C28H18F16O4S/c1-46-16-5-11-19(12-6-16)49(18-9-3-15(29)4-10-18,20-13-7-17(47-2)8-14-20)48-21(45)22(30,31)23(32,33)24(34,35)25(36,37)26(38,39)27(40,41)28(42,43)44/h3-14H,1-2H3. The zero-order valence-electron chi connectivity index (χ0n) is 24.0. The first kappa shape index (κ1) is 39.4. The fraction of sp³-hybridized carbons (Fsp3) is 0.321. The molecule has 0 saturated carbocycles. The Labute approximate surface area is 266 Å². The fourth-order valence-corrected chi connectivity index (χ4v) is 6.97. The second-order valence-corrected chi connectivity index (χ2v) is 12.4. The van der Waals surface area contributed by atoms with Crippen LogP contribution in [0.15, 0.2) is 87.5 Å². The van der Waals surface area contributed by atoms with Gasteiger partial charge in [-0.05, 0) is 83.1 Å². The molecule has 0 radical (unpaired) electrons. The van der Waals surface area contributed by atoms with Crippen LogP contribution in [0.25, 0.3) is 0 Å². The molecule has 0 bridgehead atoms. The summed E-state index contributed by atoms with van der Waals surface area (Å²) in [5, 5.41) is 0. The number of alkyl halides is 15. The average Bonchev–Trinajstić information content (AvgIpc) is 3.03. The van der Waals surface area contributed by atoms with E-state index in [0.29, 0.717) is 12.1 Å². The van der Waals surface area contributed by atoms with E-state index in [4.69, 9.17) is 13.7 Å². The van der Waals surface area contributed by atoms with Gasteiger partial charge in [0.15, 0.2) is 0 Å². The minimum atomic E-state index is -8.61. The van der Waals surface area contributed by atoms with Crippen molar-refractivity contribution in [3.8, 4) is 11.5 Å². The van der Waals surface area contributed by atoms with Gasteiger partial charge in [-0.3, -0.25) is 0 Å². The van der Waals surface area contributed by atoms with Gasteiger partial charge in [0.2, 0.25) is 0 Å². The first-order valence-corrected chi connectivity index (χ1v) is 14.2. The van der Waals surface area contributed by atoms with Gasteiger partial charge in [-0.1, -0.05) is 0 Å². The highest BCUT2D eigenvalue weighted by Gasteiger charge is 2.94. The maximum Gasteiger partial charge on any atom is 0.460 e. The van der Waals surface area contributed by atoms with Gasteiger partial charge in [-0.25, -0.2) is 9.18 Å². The Morgan fingerprint density at radius 3 is 1.12 bits per heavy atom. The monoisotopic (exact) mass is 754 g/mol. The normalized spacial score (nSPS) is 14.3. The van der Waals surface area contributed by atoms with Crippen molar-refractivity contribution in [3.05, 3.63) is 78.6 Å². The van der Waals surface area contributed by atoms with Gasteiger partial charge in [0.05, 0.1) is 14.2 Å². The highest BCUT2D eigenvalue weighted by Crippen LogP contribution is 2.71. The van der Waals surface area contributed by atoms with Crippen LogP contribution in [0.5, 0.6) is 11.5 Å². The molecule has 4 nitrogen and oxygen atoms in total. The van der Waals surface area contributed by atoms with Crippen LogP contribution < -0.4 is 9.47 Å². The molecular weight excluding hydrogens is 736 g/mol. The van der Waals surface area contributed by atoms with Gasteiger partial charge in [-0.15, -0.1) is 0 Å². The number of methoxy groups -OCH3 is 2. The zero-order valence-corrected chi connectivity index (χ0v) is 24.8. The van der Waals surface area contributed by atoms with Gasteiger partial charge in [0.25, 0.3) is 0 Å². The van der Waals surface area contributed by atoms with Crippen molar-refractivity contribution in [2.45, 2.75) is 56.4 Å². The summed E-state index contributed by atoms with van der Waals surface area (Å²) >= 11 is 0. The van der Waals surface area contributed by atoms with Crippen LogP contribution in [0.3, 0.4) is 0 Å². The van der Waals surface area contributed by atoms with E-state index in [1.165, 1.54) is 0 Å². The highest BCUT2D eigenvalue weighted by atomic mass is 32.3. The molecule has 0 aliphatic heterocycles. The van der Waals surface area contributed by atoms with Gasteiger partial charge in [0, 0.05) is 14.7 Å². The van der Waals surface area contributed by atoms with Crippen LogP contribution in [0.1, 0.15) is 0 Å². The van der Waals surface area contributed by atoms with Crippen LogP contribution in [0, 0.1) is 5.82 Å². The number of rotatable bonds is 12. The molecule has 0 aliphatic carbocycles. The Morgan fingerprint density at radius 1 is 0.490 bits per heavy atom. The second-order valence-electron chi connectivity index (χ2n) is 9.68. The van der Waals surface area contributed by atoms with E-state index in [2.05, 4.69) is 0 Å². The molecule has 0 N–H and O–H groups in total. The second kappa shape index (κ2) is 12.7. The molecule has 49 heavy (non-hydrogen) atoms. The summed E-state index contributed by atoms with van der Waals surface area (Å²) in [6.07, 6.45) is -7.79. The van der Waals surface area contributed by atoms with Crippen molar-refractivity contribution >= 4 is 16.3 Å². The zero-order chi connectivity index (χ0) is 37.6.